The summed E-state index contributed by atoms with van der Waals surface area (Å²) in [6, 6.07) is 10.7. The summed E-state index contributed by atoms with van der Waals surface area (Å²) in [5.41, 5.74) is 1.40. The van der Waals surface area contributed by atoms with E-state index in [0.29, 0.717) is 26.1 Å². The van der Waals surface area contributed by atoms with E-state index in [1.54, 1.807) is 12.0 Å². The van der Waals surface area contributed by atoms with Crippen LogP contribution in [0.15, 0.2) is 30.3 Å². The van der Waals surface area contributed by atoms with Gasteiger partial charge in [0.25, 0.3) is 0 Å². The van der Waals surface area contributed by atoms with Crippen molar-refractivity contribution in [3.8, 4) is 0 Å². The van der Waals surface area contributed by atoms with Gasteiger partial charge in [0.1, 0.15) is 0 Å². The molecule has 1 aromatic carbocycles. The SMILES string of the molecule is COCCCNC(=O)CN1CC2(CCC(c3ccccc3)(N(C)C)CC2)CC1=O. The minimum absolute atomic E-state index is 0.0156. The third-order valence-electron chi connectivity index (χ3n) is 6.89. The van der Waals surface area contributed by atoms with Gasteiger partial charge < -0.3 is 15.0 Å². The molecule has 1 aromatic rings. The van der Waals surface area contributed by atoms with Gasteiger partial charge in [0, 0.05) is 38.8 Å². The van der Waals surface area contributed by atoms with Crippen LogP contribution in [0.3, 0.4) is 0 Å². The van der Waals surface area contributed by atoms with E-state index in [1.165, 1.54) is 5.56 Å². The molecule has 1 saturated heterocycles. The monoisotopic (exact) mass is 401 g/mol. The Bertz CT molecular complexity index is 697. The van der Waals surface area contributed by atoms with Crippen LogP contribution in [0.1, 0.15) is 44.1 Å². The summed E-state index contributed by atoms with van der Waals surface area (Å²) in [7, 11) is 5.97. The maximum Gasteiger partial charge on any atom is 0.239 e. The fourth-order valence-corrected chi connectivity index (χ4v) is 5.07. The first-order chi connectivity index (χ1) is 13.9. The lowest BCUT2D eigenvalue weighted by Crippen LogP contribution is -2.47. The number of carbonyl (C=O) groups is 2. The van der Waals surface area contributed by atoms with Crippen LogP contribution in [0.2, 0.25) is 0 Å². The predicted octanol–water partition coefficient (Wildman–Crippen LogP) is 2.39. The Hall–Kier alpha value is -1.92. The van der Waals surface area contributed by atoms with E-state index < -0.39 is 0 Å². The van der Waals surface area contributed by atoms with Gasteiger partial charge in [-0.3, -0.25) is 14.5 Å². The third kappa shape index (κ3) is 4.81. The molecule has 1 spiro atoms. The summed E-state index contributed by atoms with van der Waals surface area (Å²) < 4.78 is 5.00. The number of nitrogens with zero attached hydrogens (tertiary/aromatic N) is 2. The molecule has 6 nitrogen and oxygen atoms in total. The first-order valence-electron chi connectivity index (χ1n) is 10.7. The summed E-state index contributed by atoms with van der Waals surface area (Å²) >= 11 is 0. The van der Waals surface area contributed by atoms with Crippen molar-refractivity contribution < 1.29 is 14.3 Å². The number of benzene rings is 1. The molecule has 1 aliphatic carbocycles. The van der Waals surface area contributed by atoms with Gasteiger partial charge in [0.05, 0.1) is 6.54 Å². The summed E-state index contributed by atoms with van der Waals surface area (Å²) in [6.45, 7) is 2.09. The van der Waals surface area contributed by atoms with E-state index in [-0.39, 0.29) is 29.3 Å². The molecule has 1 N–H and O–H groups in total. The Kier molecular flexibility index (Phi) is 6.96. The molecule has 1 saturated carbocycles. The van der Waals surface area contributed by atoms with E-state index in [0.717, 1.165) is 32.1 Å². The Balaban J connectivity index is 1.59. The van der Waals surface area contributed by atoms with E-state index >= 15 is 0 Å². The zero-order valence-corrected chi connectivity index (χ0v) is 18.1. The fraction of sp³-hybridized carbons (Fsp3) is 0.652. The average molecular weight is 402 g/mol. The molecule has 160 valence electrons. The summed E-state index contributed by atoms with van der Waals surface area (Å²) in [6.07, 6.45) is 5.45. The highest BCUT2D eigenvalue weighted by Crippen LogP contribution is 2.51. The van der Waals surface area contributed by atoms with Gasteiger partial charge in [0.15, 0.2) is 0 Å². The van der Waals surface area contributed by atoms with Crippen LogP contribution in [0.4, 0.5) is 0 Å². The molecular weight excluding hydrogens is 366 g/mol. The molecule has 2 aliphatic rings. The van der Waals surface area contributed by atoms with Crippen LogP contribution in [0.5, 0.6) is 0 Å². The molecule has 0 aromatic heterocycles. The van der Waals surface area contributed by atoms with Gasteiger partial charge >= 0.3 is 0 Å². The number of methoxy groups -OCH3 is 1. The van der Waals surface area contributed by atoms with Crippen LogP contribution in [0, 0.1) is 5.41 Å². The Morgan fingerprint density at radius 3 is 2.48 bits per heavy atom. The van der Waals surface area contributed by atoms with Gasteiger partial charge in [-0.1, -0.05) is 30.3 Å². The van der Waals surface area contributed by atoms with Crippen LogP contribution >= 0.6 is 0 Å². The molecule has 2 amide bonds. The van der Waals surface area contributed by atoms with Gasteiger partial charge in [-0.2, -0.15) is 0 Å². The molecular formula is C23H35N3O3. The van der Waals surface area contributed by atoms with Crippen LogP contribution < -0.4 is 5.32 Å². The second-order valence-corrected chi connectivity index (χ2v) is 8.91. The second-order valence-electron chi connectivity index (χ2n) is 8.91. The third-order valence-corrected chi connectivity index (χ3v) is 6.89. The lowest BCUT2D eigenvalue weighted by atomic mass is 9.64. The lowest BCUT2D eigenvalue weighted by molar-refractivity contribution is -0.133. The maximum absolute atomic E-state index is 12.6. The van der Waals surface area contributed by atoms with E-state index in [1.807, 2.05) is 0 Å². The summed E-state index contributed by atoms with van der Waals surface area (Å²) in [5.74, 6) is 0.0448. The van der Waals surface area contributed by atoms with Gasteiger partial charge in [-0.05, 0) is 57.2 Å². The van der Waals surface area contributed by atoms with Crippen molar-refractivity contribution in [2.45, 2.75) is 44.1 Å². The van der Waals surface area contributed by atoms with Crippen molar-refractivity contribution in [3.05, 3.63) is 35.9 Å². The Morgan fingerprint density at radius 1 is 1.17 bits per heavy atom. The topological polar surface area (TPSA) is 61.9 Å². The number of likely N-dealkylation sites (tertiary alicyclic amines) is 1. The summed E-state index contributed by atoms with van der Waals surface area (Å²) in [4.78, 5) is 28.9. The van der Waals surface area contributed by atoms with E-state index in [9.17, 15) is 9.59 Å². The van der Waals surface area contributed by atoms with Crippen molar-refractivity contribution in [3.63, 3.8) is 0 Å². The predicted molar refractivity (Wildman–Crippen MR) is 113 cm³/mol. The van der Waals surface area contributed by atoms with Crippen LogP contribution in [-0.4, -0.2) is 69.1 Å². The number of nitrogens with one attached hydrogen (secondary N) is 1. The van der Waals surface area contributed by atoms with E-state index in [2.05, 4.69) is 54.6 Å². The standard InChI is InChI=1S/C23H35N3O3/c1-25(2)23(19-8-5-4-6-9-19)12-10-22(11-13-23)16-21(28)26(18-22)17-20(27)24-14-7-15-29-3/h4-6,8-9H,7,10-18H2,1-3H3,(H,24,27). The highest BCUT2D eigenvalue weighted by Gasteiger charge is 2.50. The van der Waals surface area contributed by atoms with Gasteiger partial charge in [-0.25, -0.2) is 0 Å². The highest BCUT2D eigenvalue weighted by atomic mass is 16.5. The minimum atomic E-state index is -0.0748. The smallest absolute Gasteiger partial charge is 0.239 e. The molecule has 1 heterocycles. The van der Waals surface area contributed by atoms with Crippen LogP contribution in [0.25, 0.3) is 0 Å². The van der Waals surface area contributed by atoms with E-state index in [4.69, 9.17) is 4.74 Å². The molecule has 3 rings (SSSR count). The highest BCUT2D eigenvalue weighted by molar-refractivity contribution is 5.86. The number of hydrogen-bond donors (Lipinski definition) is 1. The lowest BCUT2D eigenvalue weighted by Gasteiger charge is -2.48. The van der Waals surface area contributed by atoms with Crippen molar-refractivity contribution in [2.24, 2.45) is 5.41 Å². The number of hydrogen-bond acceptors (Lipinski definition) is 4. The molecule has 0 atom stereocenters. The summed E-state index contributed by atoms with van der Waals surface area (Å²) in [5, 5.41) is 2.89. The Morgan fingerprint density at radius 2 is 1.86 bits per heavy atom. The van der Waals surface area contributed by atoms with Crippen LogP contribution in [-0.2, 0) is 19.9 Å². The van der Waals surface area contributed by atoms with Crippen molar-refractivity contribution in [1.29, 1.82) is 0 Å². The van der Waals surface area contributed by atoms with Gasteiger partial charge in [-0.15, -0.1) is 0 Å². The van der Waals surface area contributed by atoms with Crippen molar-refractivity contribution in [1.82, 2.24) is 15.1 Å². The molecule has 29 heavy (non-hydrogen) atoms. The largest absolute Gasteiger partial charge is 0.385 e. The molecule has 0 unspecified atom stereocenters. The first-order valence-corrected chi connectivity index (χ1v) is 10.7. The quantitative estimate of drug-likeness (QED) is 0.680. The van der Waals surface area contributed by atoms with Crippen molar-refractivity contribution in [2.75, 3.05) is 47.4 Å². The number of amides is 2. The Labute approximate surface area is 174 Å². The first kappa shape index (κ1) is 21.8. The molecule has 2 fully saturated rings. The number of rotatable bonds is 8. The molecule has 6 heteroatoms. The van der Waals surface area contributed by atoms with Crippen molar-refractivity contribution >= 4 is 11.8 Å². The zero-order valence-electron chi connectivity index (χ0n) is 18.1. The number of carbonyl (C=O) groups excluding carboxylic acids is 2. The maximum atomic E-state index is 12.6. The minimum Gasteiger partial charge on any atom is -0.385 e. The molecule has 0 bridgehead atoms. The average Bonchev–Trinajstić information content (AvgIpc) is 3.01. The normalized spacial score (nSPS) is 27.0. The molecule has 0 radical (unpaired) electrons. The van der Waals surface area contributed by atoms with Gasteiger partial charge in [0.2, 0.25) is 11.8 Å². The second kappa shape index (κ2) is 9.26. The fourth-order valence-electron chi connectivity index (χ4n) is 5.07. The zero-order chi connectivity index (χ0) is 20.9. The molecule has 1 aliphatic heterocycles. The number of ether oxygens (including phenoxy) is 1.